The van der Waals surface area contributed by atoms with Crippen molar-refractivity contribution in [1.29, 1.82) is 0 Å². The van der Waals surface area contributed by atoms with Crippen LogP contribution >= 0.6 is 11.8 Å². The highest BCUT2D eigenvalue weighted by atomic mass is 32.2. The summed E-state index contributed by atoms with van der Waals surface area (Å²) in [6, 6.07) is 0. The van der Waals surface area contributed by atoms with Gasteiger partial charge in [-0.25, -0.2) is 0 Å². The number of rotatable bonds is 2. The van der Waals surface area contributed by atoms with Crippen molar-refractivity contribution >= 4 is 11.8 Å². The fraction of sp³-hybridized carbons (Fsp3) is 1.00. The Morgan fingerprint density at radius 3 is 2.92 bits per heavy atom. The smallest absolute Gasteiger partial charge is 0.128 e. The normalized spacial score (nSPS) is 51.8. The Bertz CT molecular complexity index is 187. The molecule has 1 N–H and O–H groups in total. The van der Waals surface area contributed by atoms with E-state index in [1.807, 2.05) is 18.7 Å². The van der Waals surface area contributed by atoms with Gasteiger partial charge in [-0.15, -0.1) is 11.8 Å². The van der Waals surface area contributed by atoms with Crippen LogP contribution in [0.15, 0.2) is 0 Å². The van der Waals surface area contributed by atoms with Gasteiger partial charge in [0, 0.05) is 12.9 Å². The van der Waals surface area contributed by atoms with E-state index in [4.69, 9.17) is 9.47 Å². The molecule has 0 aliphatic carbocycles. The molecule has 0 aromatic carbocycles. The average molecular weight is 190 g/mol. The van der Waals surface area contributed by atoms with E-state index in [0.29, 0.717) is 5.25 Å². The van der Waals surface area contributed by atoms with Crippen LogP contribution in [0.2, 0.25) is 0 Å². The van der Waals surface area contributed by atoms with E-state index in [-0.39, 0.29) is 18.8 Å². The number of methoxy groups -OCH3 is 1. The fourth-order valence-electron chi connectivity index (χ4n) is 2.15. The van der Waals surface area contributed by atoms with E-state index in [1.54, 1.807) is 7.11 Å². The lowest BCUT2D eigenvalue weighted by Gasteiger charge is -2.28. The van der Waals surface area contributed by atoms with Crippen LogP contribution in [0.5, 0.6) is 0 Å². The van der Waals surface area contributed by atoms with Crippen molar-refractivity contribution in [3.8, 4) is 0 Å². The number of aliphatic hydroxyl groups excluding tert-OH is 1. The molecular weight excluding hydrogens is 176 g/mol. The number of hydrogen-bond donors (Lipinski definition) is 1. The number of ether oxygens (including phenoxy) is 2. The number of aliphatic hydroxyl groups is 1. The van der Waals surface area contributed by atoms with Gasteiger partial charge in [-0.2, -0.15) is 0 Å². The van der Waals surface area contributed by atoms with E-state index in [1.165, 1.54) is 0 Å². The maximum absolute atomic E-state index is 9.24. The average Bonchev–Trinajstić information content (AvgIpc) is 2.56. The second kappa shape index (κ2) is 2.87. The lowest BCUT2D eigenvalue weighted by Crippen LogP contribution is -2.44. The minimum atomic E-state index is -0.413. The summed E-state index contributed by atoms with van der Waals surface area (Å²) in [5, 5.41) is 9.65. The Morgan fingerprint density at radius 1 is 1.75 bits per heavy atom. The van der Waals surface area contributed by atoms with Gasteiger partial charge in [-0.3, -0.25) is 0 Å². The molecule has 4 atom stereocenters. The zero-order valence-electron chi connectivity index (χ0n) is 7.32. The topological polar surface area (TPSA) is 38.7 Å². The van der Waals surface area contributed by atoms with E-state index in [2.05, 4.69) is 0 Å². The van der Waals surface area contributed by atoms with Gasteiger partial charge in [0.15, 0.2) is 0 Å². The van der Waals surface area contributed by atoms with Gasteiger partial charge < -0.3 is 14.6 Å². The highest BCUT2D eigenvalue weighted by molar-refractivity contribution is 8.00. The standard InChI is InChI=1S/C8H14O3S/c1-5-6-7(10-2)8(3-9,11-5)4-12-6/h5-7,9H,3-4H2,1-2H3/t5-,6?,7-,8+/m0/s1. The van der Waals surface area contributed by atoms with Gasteiger partial charge in [0.05, 0.1) is 18.0 Å². The third-order valence-corrected chi connectivity index (χ3v) is 4.41. The van der Waals surface area contributed by atoms with Crippen LogP contribution in [-0.2, 0) is 9.47 Å². The summed E-state index contributed by atoms with van der Waals surface area (Å²) in [5.41, 5.74) is -0.413. The maximum atomic E-state index is 9.24. The lowest BCUT2D eigenvalue weighted by molar-refractivity contribution is -0.0996. The predicted octanol–water partition coefficient (Wildman–Crippen LogP) is 0.267. The monoisotopic (exact) mass is 190 g/mol. The van der Waals surface area contributed by atoms with Gasteiger partial charge >= 0.3 is 0 Å². The third-order valence-electron chi connectivity index (χ3n) is 2.74. The van der Waals surface area contributed by atoms with Crippen LogP contribution in [0, 0.1) is 0 Å². The first-order chi connectivity index (χ1) is 5.73. The van der Waals surface area contributed by atoms with Gasteiger partial charge in [-0.05, 0) is 6.92 Å². The van der Waals surface area contributed by atoms with E-state index in [9.17, 15) is 5.11 Å². The van der Waals surface area contributed by atoms with Crippen LogP contribution in [0.1, 0.15) is 6.92 Å². The molecule has 2 bridgehead atoms. The molecule has 1 unspecified atom stereocenters. The molecular formula is C8H14O3S. The summed E-state index contributed by atoms with van der Waals surface area (Å²) in [7, 11) is 1.69. The molecule has 2 aliphatic heterocycles. The highest BCUT2D eigenvalue weighted by Crippen LogP contribution is 2.48. The molecule has 2 aliphatic rings. The molecule has 2 saturated heterocycles. The fourth-order valence-corrected chi connectivity index (χ4v) is 3.81. The van der Waals surface area contributed by atoms with E-state index in [0.717, 1.165) is 5.75 Å². The Balaban J connectivity index is 2.23. The zero-order chi connectivity index (χ0) is 8.77. The van der Waals surface area contributed by atoms with Gasteiger partial charge in [0.25, 0.3) is 0 Å². The van der Waals surface area contributed by atoms with Crippen molar-refractivity contribution in [3.05, 3.63) is 0 Å². The van der Waals surface area contributed by atoms with Crippen molar-refractivity contribution < 1.29 is 14.6 Å². The SMILES string of the molecule is CO[C@H]1C2SC[C@@]1(CO)O[C@H]2C. The number of thioether (sulfide) groups is 1. The second-order valence-electron chi connectivity index (χ2n) is 3.48. The van der Waals surface area contributed by atoms with Crippen LogP contribution < -0.4 is 0 Å². The Labute approximate surface area is 76.4 Å². The number of hydrogen-bond acceptors (Lipinski definition) is 4. The first-order valence-electron chi connectivity index (χ1n) is 4.16. The van der Waals surface area contributed by atoms with Crippen LogP contribution in [0.25, 0.3) is 0 Å². The predicted molar refractivity (Wildman–Crippen MR) is 47.4 cm³/mol. The molecule has 0 spiro atoms. The molecule has 2 rings (SSSR count). The van der Waals surface area contributed by atoms with Crippen LogP contribution in [0.4, 0.5) is 0 Å². The van der Waals surface area contributed by atoms with Crippen molar-refractivity contribution in [3.63, 3.8) is 0 Å². The van der Waals surface area contributed by atoms with Crippen molar-refractivity contribution in [2.24, 2.45) is 0 Å². The van der Waals surface area contributed by atoms with E-state index >= 15 is 0 Å². The molecule has 4 heteroatoms. The van der Waals surface area contributed by atoms with Gasteiger partial charge in [0.2, 0.25) is 0 Å². The maximum Gasteiger partial charge on any atom is 0.128 e. The molecule has 0 amide bonds. The molecule has 0 radical (unpaired) electrons. The van der Waals surface area contributed by atoms with Crippen molar-refractivity contribution in [2.45, 2.75) is 30.0 Å². The third kappa shape index (κ3) is 0.954. The van der Waals surface area contributed by atoms with Crippen molar-refractivity contribution in [2.75, 3.05) is 19.5 Å². The molecule has 70 valence electrons. The van der Waals surface area contributed by atoms with E-state index < -0.39 is 5.60 Å². The molecule has 3 nitrogen and oxygen atoms in total. The Hall–Kier alpha value is 0.230. The summed E-state index contributed by atoms with van der Waals surface area (Å²) in [5.74, 6) is 0.858. The minimum absolute atomic E-state index is 0.0688. The number of fused-ring (bicyclic) bond motifs is 2. The van der Waals surface area contributed by atoms with Crippen molar-refractivity contribution in [1.82, 2.24) is 0 Å². The molecule has 2 fully saturated rings. The molecule has 0 aromatic heterocycles. The first kappa shape index (κ1) is 8.81. The summed E-state index contributed by atoms with van der Waals surface area (Å²) in [6.07, 6.45) is 0.281. The largest absolute Gasteiger partial charge is 0.393 e. The summed E-state index contributed by atoms with van der Waals surface area (Å²) in [4.78, 5) is 0. The second-order valence-corrected chi connectivity index (χ2v) is 4.64. The Morgan fingerprint density at radius 2 is 2.50 bits per heavy atom. The first-order valence-corrected chi connectivity index (χ1v) is 5.21. The molecule has 0 aromatic rings. The Kier molecular flexibility index (Phi) is 2.11. The lowest BCUT2D eigenvalue weighted by atomic mass is 10.00. The quantitative estimate of drug-likeness (QED) is 0.678. The van der Waals surface area contributed by atoms with Crippen LogP contribution in [0.3, 0.4) is 0 Å². The molecule has 2 heterocycles. The minimum Gasteiger partial charge on any atom is -0.393 e. The molecule has 12 heavy (non-hydrogen) atoms. The zero-order valence-corrected chi connectivity index (χ0v) is 8.13. The summed E-state index contributed by atoms with van der Waals surface area (Å²) >= 11 is 1.85. The summed E-state index contributed by atoms with van der Waals surface area (Å²) < 4.78 is 11.1. The van der Waals surface area contributed by atoms with Crippen LogP contribution in [-0.4, -0.2) is 47.6 Å². The van der Waals surface area contributed by atoms with Gasteiger partial charge in [0.1, 0.15) is 11.7 Å². The van der Waals surface area contributed by atoms with Gasteiger partial charge in [-0.1, -0.05) is 0 Å². The summed E-state index contributed by atoms with van der Waals surface area (Å²) in [6.45, 7) is 2.11. The molecule has 0 saturated carbocycles. The highest BCUT2D eigenvalue weighted by Gasteiger charge is 2.59.